The first-order valence-corrected chi connectivity index (χ1v) is 7.88. The highest BCUT2D eigenvalue weighted by atomic mass is 16.7. The van der Waals surface area contributed by atoms with E-state index in [4.69, 9.17) is 9.47 Å². The largest absolute Gasteiger partial charge is 0.454 e. The molecule has 0 aliphatic carbocycles. The number of hydrogen-bond donors (Lipinski definition) is 1. The third-order valence-electron chi connectivity index (χ3n) is 4.19. The Labute approximate surface area is 146 Å². The maximum Gasteiger partial charge on any atom is 0.266 e. The molecule has 0 spiro atoms. The van der Waals surface area contributed by atoms with E-state index in [-0.39, 0.29) is 12.4 Å². The summed E-state index contributed by atoms with van der Waals surface area (Å²) in [7, 11) is 0. The number of anilines is 1. The van der Waals surface area contributed by atoms with Crippen molar-refractivity contribution >= 4 is 17.7 Å². The van der Waals surface area contributed by atoms with Gasteiger partial charge in [0.15, 0.2) is 11.5 Å². The molecular weight excluding hydrogens is 316 g/mol. The molecule has 1 amide bonds. The number of ether oxygens (including phenoxy) is 2. The lowest BCUT2D eigenvalue weighted by molar-refractivity contribution is -0.112. The van der Waals surface area contributed by atoms with Gasteiger partial charge in [0.25, 0.3) is 5.91 Å². The van der Waals surface area contributed by atoms with Gasteiger partial charge in [-0.05, 0) is 73.4 Å². The summed E-state index contributed by atoms with van der Waals surface area (Å²) >= 11 is 0. The van der Waals surface area contributed by atoms with Crippen molar-refractivity contribution in [2.24, 2.45) is 0 Å². The second kappa shape index (κ2) is 6.70. The van der Waals surface area contributed by atoms with Crippen LogP contribution in [0.2, 0.25) is 0 Å². The van der Waals surface area contributed by atoms with Gasteiger partial charge in [0, 0.05) is 5.69 Å². The average Bonchev–Trinajstić information content (AvgIpc) is 3.02. The second-order valence-electron chi connectivity index (χ2n) is 5.99. The number of carbonyl (C=O) groups is 1. The van der Waals surface area contributed by atoms with Crippen molar-refractivity contribution in [3.8, 4) is 17.6 Å². The van der Waals surface area contributed by atoms with Crippen LogP contribution in [0.15, 0.2) is 35.9 Å². The minimum Gasteiger partial charge on any atom is -0.454 e. The van der Waals surface area contributed by atoms with Crippen molar-refractivity contribution in [2.75, 3.05) is 12.1 Å². The lowest BCUT2D eigenvalue weighted by Gasteiger charge is -2.08. The Kier molecular flexibility index (Phi) is 4.44. The van der Waals surface area contributed by atoms with Gasteiger partial charge in [0.05, 0.1) is 0 Å². The van der Waals surface area contributed by atoms with Gasteiger partial charge in [0.1, 0.15) is 11.6 Å². The van der Waals surface area contributed by atoms with Crippen LogP contribution in [0, 0.1) is 32.1 Å². The minimum absolute atomic E-state index is 0.0280. The number of hydrogen-bond acceptors (Lipinski definition) is 4. The molecule has 1 aliphatic heterocycles. The first-order chi connectivity index (χ1) is 12.0. The van der Waals surface area contributed by atoms with Gasteiger partial charge in [-0.2, -0.15) is 5.26 Å². The van der Waals surface area contributed by atoms with E-state index in [2.05, 4.69) is 5.32 Å². The van der Waals surface area contributed by atoms with Crippen molar-refractivity contribution in [3.05, 3.63) is 58.2 Å². The molecule has 2 aromatic rings. The van der Waals surface area contributed by atoms with E-state index in [0.717, 1.165) is 22.3 Å². The van der Waals surface area contributed by atoms with Gasteiger partial charge in [-0.3, -0.25) is 4.79 Å². The smallest absolute Gasteiger partial charge is 0.266 e. The van der Waals surface area contributed by atoms with E-state index in [1.54, 1.807) is 12.1 Å². The molecule has 1 N–H and O–H groups in total. The van der Waals surface area contributed by atoms with Gasteiger partial charge in [-0.1, -0.05) is 6.07 Å². The molecule has 0 bridgehead atoms. The number of amides is 1. The van der Waals surface area contributed by atoms with Crippen molar-refractivity contribution in [2.45, 2.75) is 20.8 Å². The first kappa shape index (κ1) is 16.6. The quantitative estimate of drug-likeness (QED) is 0.683. The summed E-state index contributed by atoms with van der Waals surface area (Å²) in [6, 6.07) is 11.2. The molecule has 1 heterocycles. The zero-order chi connectivity index (χ0) is 18.0. The number of rotatable bonds is 3. The van der Waals surface area contributed by atoms with E-state index >= 15 is 0 Å². The SMILES string of the molecule is Cc1ccc(NC(=O)C(C#N)=Cc2cc3c(cc2C)OCO3)cc1C. The highest BCUT2D eigenvalue weighted by Crippen LogP contribution is 2.35. The van der Waals surface area contributed by atoms with Gasteiger partial charge in [0.2, 0.25) is 6.79 Å². The normalized spacial score (nSPS) is 12.6. The zero-order valence-corrected chi connectivity index (χ0v) is 14.3. The van der Waals surface area contributed by atoms with Crippen LogP contribution < -0.4 is 14.8 Å². The summed E-state index contributed by atoms with van der Waals surface area (Å²) < 4.78 is 10.7. The molecule has 2 aromatic carbocycles. The Hall–Kier alpha value is -3.26. The van der Waals surface area contributed by atoms with E-state index in [1.165, 1.54) is 0 Å². The predicted molar refractivity (Wildman–Crippen MR) is 95.4 cm³/mol. The molecule has 126 valence electrons. The van der Waals surface area contributed by atoms with Crippen LogP contribution in [-0.4, -0.2) is 12.7 Å². The molecule has 0 radical (unpaired) electrons. The fourth-order valence-electron chi connectivity index (χ4n) is 2.54. The Morgan fingerprint density at radius 1 is 1.08 bits per heavy atom. The van der Waals surface area contributed by atoms with Crippen LogP contribution in [0.5, 0.6) is 11.5 Å². The molecule has 0 atom stereocenters. The number of nitrogens with zero attached hydrogens (tertiary/aromatic N) is 1. The van der Waals surface area contributed by atoms with Crippen LogP contribution in [0.25, 0.3) is 6.08 Å². The summed E-state index contributed by atoms with van der Waals surface area (Å²) in [5.41, 5.74) is 4.56. The van der Waals surface area contributed by atoms with Crippen molar-refractivity contribution in [1.29, 1.82) is 5.26 Å². The van der Waals surface area contributed by atoms with Crippen LogP contribution >= 0.6 is 0 Å². The summed E-state index contributed by atoms with van der Waals surface area (Å²) in [6.45, 7) is 6.05. The maximum atomic E-state index is 12.4. The number of benzene rings is 2. The third-order valence-corrected chi connectivity index (χ3v) is 4.19. The summed E-state index contributed by atoms with van der Waals surface area (Å²) in [6.07, 6.45) is 1.56. The Bertz CT molecular complexity index is 923. The monoisotopic (exact) mass is 334 g/mol. The summed E-state index contributed by atoms with van der Waals surface area (Å²) in [4.78, 5) is 12.4. The van der Waals surface area contributed by atoms with E-state index in [9.17, 15) is 10.1 Å². The van der Waals surface area contributed by atoms with Crippen LogP contribution in [0.3, 0.4) is 0 Å². The molecule has 0 aromatic heterocycles. The van der Waals surface area contributed by atoms with Gasteiger partial charge >= 0.3 is 0 Å². The van der Waals surface area contributed by atoms with Crippen molar-refractivity contribution in [3.63, 3.8) is 0 Å². The Morgan fingerprint density at radius 3 is 2.48 bits per heavy atom. The van der Waals surface area contributed by atoms with Crippen LogP contribution in [0.4, 0.5) is 5.69 Å². The maximum absolute atomic E-state index is 12.4. The fourth-order valence-corrected chi connectivity index (χ4v) is 2.54. The van der Waals surface area contributed by atoms with Gasteiger partial charge < -0.3 is 14.8 Å². The van der Waals surface area contributed by atoms with Crippen LogP contribution in [0.1, 0.15) is 22.3 Å². The number of carbonyl (C=O) groups excluding carboxylic acids is 1. The van der Waals surface area contributed by atoms with Crippen molar-refractivity contribution in [1.82, 2.24) is 0 Å². The van der Waals surface area contributed by atoms with Crippen molar-refractivity contribution < 1.29 is 14.3 Å². The average molecular weight is 334 g/mol. The minimum atomic E-state index is -0.442. The van der Waals surface area contributed by atoms with E-state index in [0.29, 0.717) is 17.2 Å². The van der Waals surface area contributed by atoms with Gasteiger partial charge in [-0.25, -0.2) is 0 Å². The standard InChI is InChI=1S/C20H18N2O3/c1-12-4-5-17(6-13(12)2)22-20(23)16(10-21)8-15-9-19-18(7-14(15)3)24-11-25-19/h4-9H,11H2,1-3H3,(H,22,23). The Balaban J connectivity index is 1.86. The molecule has 0 unspecified atom stereocenters. The number of nitriles is 1. The van der Waals surface area contributed by atoms with E-state index < -0.39 is 5.91 Å². The lowest BCUT2D eigenvalue weighted by Crippen LogP contribution is -2.13. The first-order valence-electron chi connectivity index (χ1n) is 7.88. The lowest BCUT2D eigenvalue weighted by atomic mass is 10.0. The van der Waals surface area contributed by atoms with Crippen LogP contribution in [-0.2, 0) is 4.79 Å². The highest BCUT2D eigenvalue weighted by molar-refractivity contribution is 6.09. The molecule has 5 heteroatoms. The molecule has 25 heavy (non-hydrogen) atoms. The predicted octanol–water partition coefficient (Wildman–Crippen LogP) is 3.89. The fraction of sp³-hybridized carbons (Fsp3) is 0.200. The zero-order valence-electron chi connectivity index (χ0n) is 14.3. The molecule has 3 rings (SSSR count). The Morgan fingerprint density at radius 2 is 1.80 bits per heavy atom. The summed E-state index contributed by atoms with van der Waals surface area (Å²) in [5, 5.41) is 12.2. The van der Waals surface area contributed by atoms with Gasteiger partial charge in [-0.15, -0.1) is 0 Å². The highest BCUT2D eigenvalue weighted by Gasteiger charge is 2.16. The van der Waals surface area contributed by atoms with E-state index in [1.807, 2.05) is 51.1 Å². The second-order valence-corrected chi connectivity index (χ2v) is 5.99. The third kappa shape index (κ3) is 3.48. The summed E-state index contributed by atoms with van der Waals surface area (Å²) in [5.74, 6) is 0.847. The topological polar surface area (TPSA) is 71.4 Å². The molecule has 0 fully saturated rings. The molecule has 1 aliphatic rings. The number of aryl methyl sites for hydroxylation is 3. The molecule has 5 nitrogen and oxygen atoms in total. The molecule has 0 saturated carbocycles. The number of fused-ring (bicyclic) bond motifs is 1. The molecular formula is C20H18N2O3. The molecule has 0 saturated heterocycles. The number of nitrogens with one attached hydrogen (secondary N) is 1.